The zero-order valence-corrected chi connectivity index (χ0v) is 15.0. The molecule has 0 radical (unpaired) electrons. The van der Waals surface area contributed by atoms with E-state index in [1.54, 1.807) is 0 Å². The Hall–Kier alpha value is -1.66. The minimum atomic E-state index is 0.200. The van der Waals surface area contributed by atoms with Crippen molar-refractivity contribution in [3.63, 3.8) is 0 Å². The minimum Gasteiger partial charge on any atom is -0.372 e. The number of halogens is 1. The molecule has 0 spiro atoms. The Labute approximate surface area is 143 Å². The number of anilines is 1. The van der Waals surface area contributed by atoms with Gasteiger partial charge in [-0.2, -0.15) is 0 Å². The fourth-order valence-electron chi connectivity index (χ4n) is 3.38. The van der Waals surface area contributed by atoms with Gasteiger partial charge in [-0.15, -0.1) is 0 Å². The van der Waals surface area contributed by atoms with E-state index in [1.165, 1.54) is 0 Å². The first-order valence-corrected chi connectivity index (χ1v) is 8.66. The van der Waals surface area contributed by atoms with Gasteiger partial charge >= 0.3 is 0 Å². The Morgan fingerprint density at radius 1 is 1.17 bits per heavy atom. The lowest BCUT2D eigenvalue weighted by molar-refractivity contribution is -0.00573. The third-order valence-electron chi connectivity index (χ3n) is 4.29. The van der Waals surface area contributed by atoms with Gasteiger partial charge in [0.05, 0.1) is 40.6 Å². The normalized spacial score (nSPS) is 22.2. The van der Waals surface area contributed by atoms with Crippen LogP contribution in [0.3, 0.4) is 0 Å². The van der Waals surface area contributed by atoms with Gasteiger partial charge in [-0.1, -0.05) is 15.9 Å². The molecule has 3 aromatic rings. The number of ether oxygens (including phenoxy) is 1. The molecule has 3 heterocycles. The summed E-state index contributed by atoms with van der Waals surface area (Å²) in [6.45, 7) is 7.96. The van der Waals surface area contributed by atoms with Gasteiger partial charge in [0.1, 0.15) is 0 Å². The third-order valence-corrected chi connectivity index (χ3v) is 4.78. The average Bonchev–Trinajstić information content (AvgIpc) is 2.84. The molecule has 1 aromatic carbocycles. The number of fused-ring (bicyclic) bond motifs is 3. The molecule has 0 bridgehead atoms. The molecule has 6 heteroatoms. The van der Waals surface area contributed by atoms with E-state index in [9.17, 15) is 0 Å². The van der Waals surface area contributed by atoms with Crippen molar-refractivity contribution < 1.29 is 4.74 Å². The molecular weight excluding hydrogens is 356 g/mol. The van der Waals surface area contributed by atoms with Crippen LogP contribution in [-0.4, -0.2) is 39.7 Å². The van der Waals surface area contributed by atoms with Crippen LogP contribution in [0.4, 0.5) is 5.95 Å². The van der Waals surface area contributed by atoms with Crippen LogP contribution in [0.25, 0.3) is 16.6 Å². The predicted molar refractivity (Wildman–Crippen MR) is 95.2 cm³/mol. The first-order chi connectivity index (χ1) is 11.0. The van der Waals surface area contributed by atoms with Gasteiger partial charge in [0.15, 0.2) is 0 Å². The van der Waals surface area contributed by atoms with Crippen LogP contribution in [0.15, 0.2) is 28.9 Å². The van der Waals surface area contributed by atoms with Gasteiger partial charge in [-0.05, 0) is 39.0 Å². The number of imidazole rings is 1. The van der Waals surface area contributed by atoms with E-state index in [1.807, 2.05) is 25.3 Å². The summed E-state index contributed by atoms with van der Waals surface area (Å²) in [6.07, 6.45) is 2.31. The summed E-state index contributed by atoms with van der Waals surface area (Å²) in [5, 5.41) is 0. The molecule has 0 saturated carbocycles. The lowest BCUT2D eigenvalue weighted by atomic mass is 10.2. The standard InChI is InChI=1S/C17H19BrN4O/c1-10-8-21(9-11(2)23-10)17-20-12(3)16-7-19-14-5-4-13(18)6-15(14)22(16)17/h4-7,10-11H,8-9H2,1-3H3/t10-,11+. The van der Waals surface area contributed by atoms with E-state index in [-0.39, 0.29) is 12.2 Å². The largest absolute Gasteiger partial charge is 0.372 e. The van der Waals surface area contributed by atoms with Gasteiger partial charge in [-0.3, -0.25) is 9.38 Å². The molecule has 4 rings (SSSR count). The molecule has 1 fully saturated rings. The molecule has 5 nitrogen and oxygen atoms in total. The van der Waals surface area contributed by atoms with Crippen LogP contribution in [0, 0.1) is 6.92 Å². The molecule has 1 aliphatic heterocycles. The SMILES string of the molecule is Cc1nc(N2C[C@@H](C)O[C@@H](C)C2)n2c1cnc1ccc(Br)cc12. The van der Waals surface area contributed by atoms with E-state index in [4.69, 9.17) is 9.72 Å². The van der Waals surface area contributed by atoms with Crippen molar-refractivity contribution in [2.45, 2.75) is 33.0 Å². The highest BCUT2D eigenvalue weighted by molar-refractivity contribution is 9.10. The second kappa shape index (κ2) is 5.46. The minimum absolute atomic E-state index is 0.200. The summed E-state index contributed by atoms with van der Waals surface area (Å²) in [4.78, 5) is 11.7. The van der Waals surface area contributed by atoms with Crippen LogP contribution in [0.2, 0.25) is 0 Å². The number of hydrogen-bond donors (Lipinski definition) is 0. The van der Waals surface area contributed by atoms with Crippen molar-refractivity contribution in [2.24, 2.45) is 0 Å². The zero-order chi connectivity index (χ0) is 16.1. The third kappa shape index (κ3) is 2.50. The number of benzene rings is 1. The molecule has 0 aliphatic carbocycles. The lowest BCUT2D eigenvalue weighted by Gasteiger charge is -2.35. The highest BCUT2D eigenvalue weighted by Gasteiger charge is 2.26. The zero-order valence-electron chi connectivity index (χ0n) is 13.5. The summed E-state index contributed by atoms with van der Waals surface area (Å²) in [6, 6.07) is 6.15. The molecule has 0 N–H and O–H groups in total. The number of aromatic nitrogens is 3. The summed E-state index contributed by atoms with van der Waals surface area (Å²) in [5.41, 5.74) is 4.09. The predicted octanol–water partition coefficient (Wildman–Crippen LogP) is 3.57. The second-order valence-corrected chi connectivity index (χ2v) is 7.19. The van der Waals surface area contributed by atoms with E-state index >= 15 is 0 Å². The topological polar surface area (TPSA) is 42.7 Å². The van der Waals surface area contributed by atoms with Crippen molar-refractivity contribution >= 4 is 38.4 Å². The van der Waals surface area contributed by atoms with Crippen LogP contribution in [-0.2, 0) is 4.74 Å². The summed E-state index contributed by atoms with van der Waals surface area (Å²) in [5.74, 6) is 0.977. The molecule has 2 atom stereocenters. The van der Waals surface area contributed by atoms with Crippen molar-refractivity contribution in [1.29, 1.82) is 0 Å². The Morgan fingerprint density at radius 3 is 2.65 bits per heavy atom. The van der Waals surface area contributed by atoms with Crippen molar-refractivity contribution in [3.8, 4) is 0 Å². The monoisotopic (exact) mass is 374 g/mol. The maximum atomic E-state index is 5.86. The highest BCUT2D eigenvalue weighted by atomic mass is 79.9. The maximum absolute atomic E-state index is 5.86. The summed E-state index contributed by atoms with van der Waals surface area (Å²) < 4.78 is 9.12. The van der Waals surface area contributed by atoms with Crippen molar-refractivity contribution in [1.82, 2.24) is 14.4 Å². The van der Waals surface area contributed by atoms with Crippen LogP contribution < -0.4 is 4.90 Å². The summed E-state index contributed by atoms with van der Waals surface area (Å²) >= 11 is 3.57. The van der Waals surface area contributed by atoms with Gasteiger partial charge in [0, 0.05) is 17.6 Å². The Kier molecular flexibility index (Phi) is 3.54. The van der Waals surface area contributed by atoms with Gasteiger partial charge in [-0.25, -0.2) is 4.98 Å². The van der Waals surface area contributed by atoms with Crippen LogP contribution in [0.5, 0.6) is 0 Å². The average molecular weight is 375 g/mol. The van der Waals surface area contributed by atoms with Gasteiger partial charge < -0.3 is 9.64 Å². The fraction of sp³-hybridized carbons (Fsp3) is 0.412. The van der Waals surface area contributed by atoms with E-state index in [0.29, 0.717) is 0 Å². The van der Waals surface area contributed by atoms with Gasteiger partial charge in [0.25, 0.3) is 0 Å². The molecule has 0 amide bonds. The number of morpholine rings is 1. The van der Waals surface area contributed by atoms with Crippen LogP contribution >= 0.6 is 15.9 Å². The van der Waals surface area contributed by atoms with E-state index in [2.05, 4.69) is 50.1 Å². The van der Waals surface area contributed by atoms with E-state index in [0.717, 1.165) is 45.8 Å². The Balaban J connectivity index is 1.97. The second-order valence-electron chi connectivity index (χ2n) is 6.27. The number of hydrogen-bond acceptors (Lipinski definition) is 4. The molecular formula is C17H19BrN4O. The maximum Gasteiger partial charge on any atom is 0.211 e. The van der Waals surface area contributed by atoms with Crippen LogP contribution in [0.1, 0.15) is 19.5 Å². The number of rotatable bonds is 1. The quantitative estimate of drug-likeness (QED) is 0.652. The van der Waals surface area contributed by atoms with Crippen molar-refractivity contribution in [3.05, 3.63) is 34.6 Å². The van der Waals surface area contributed by atoms with E-state index < -0.39 is 0 Å². The summed E-state index contributed by atoms with van der Waals surface area (Å²) in [7, 11) is 0. The molecule has 120 valence electrons. The first kappa shape index (κ1) is 14.9. The molecule has 23 heavy (non-hydrogen) atoms. The lowest BCUT2D eigenvalue weighted by Crippen LogP contribution is -2.46. The number of aryl methyl sites for hydroxylation is 1. The Morgan fingerprint density at radius 2 is 1.91 bits per heavy atom. The highest BCUT2D eigenvalue weighted by Crippen LogP contribution is 2.28. The molecule has 2 aromatic heterocycles. The Bertz CT molecular complexity index is 881. The number of nitrogens with zero attached hydrogens (tertiary/aromatic N) is 4. The van der Waals surface area contributed by atoms with Gasteiger partial charge in [0.2, 0.25) is 5.95 Å². The fourth-order valence-corrected chi connectivity index (χ4v) is 3.73. The van der Waals surface area contributed by atoms with Crippen molar-refractivity contribution in [2.75, 3.05) is 18.0 Å². The first-order valence-electron chi connectivity index (χ1n) is 7.86. The molecule has 0 unspecified atom stereocenters. The molecule has 1 saturated heterocycles. The smallest absolute Gasteiger partial charge is 0.211 e. The molecule has 1 aliphatic rings.